The van der Waals surface area contributed by atoms with Gasteiger partial charge in [-0.05, 0) is 31.5 Å². The van der Waals surface area contributed by atoms with Gasteiger partial charge in [0.05, 0.1) is 0 Å². The Morgan fingerprint density at radius 2 is 2.00 bits per heavy atom. The van der Waals surface area contributed by atoms with Gasteiger partial charge in [-0.3, -0.25) is 4.79 Å². The standard InChI is InChI=1S/C9H11ClO/c1-3-4-5-8(2)6-7-9(10)11/h3-7H,1-2H3/b4-3-,7-6+,8-5+. The summed E-state index contributed by atoms with van der Waals surface area (Å²) in [6, 6.07) is 0. The van der Waals surface area contributed by atoms with Crippen molar-refractivity contribution in [1.29, 1.82) is 0 Å². The quantitative estimate of drug-likeness (QED) is 0.362. The zero-order valence-electron chi connectivity index (χ0n) is 6.67. The van der Waals surface area contributed by atoms with Crippen LogP contribution in [0.1, 0.15) is 13.8 Å². The molecule has 0 amide bonds. The van der Waals surface area contributed by atoms with E-state index in [2.05, 4.69) is 0 Å². The topological polar surface area (TPSA) is 17.1 Å². The largest absolute Gasteiger partial charge is 0.276 e. The molecule has 0 spiro atoms. The number of hydrogen-bond acceptors (Lipinski definition) is 1. The van der Waals surface area contributed by atoms with E-state index in [0.717, 1.165) is 5.57 Å². The number of hydrogen-bond donors (Lipinski definition) is 0. The minimum absolute atomic E-state index is 0.446. The van der Waals surface area contributed by atoms with Gasteiger partial charge in [0.25, 0.3) is 0 Å². The van der Waals surface area contributed by atoms with E-state index in [1.54, 1.807) is 6.08 Å². The second kappa shape index (κ2) is 5.93. The Hall–Kier alpha value is -0.820. The number of carbonyl (C=O) groups is 1. The second-order valence-electron chi connectivity index (χ2n) is 2.07. The average Bonchev–Trinajstić information content (AvgIpc) is 1.97. The van der Waals surface area contributed by atoms with Gasteiger partial charge in [-0.1, -0.05) is 29.9 Å². The third-order valence-corrected chi connectivity index (χ3v) is 1.15. The Morgan fingerprint density at radius 1 is 1.36 bits per heavy atom. The SMILES string of the molecule is C\C=C/C=C(C)/C=C/C(=O)Cl. The molecule has 1 nitrogen and oxygen atoms in total. The van der Waals surface area contributed by atoms with E-state index in [-0.39, 0.29) is 0 Å². The Balaban J connectivity index is 4.05. The molecule has 0 bridgehead atoms. The van der Waals surface area contributed by atoms with Crippen LogP contribution in [0.3, 0.4) is 0 Å². The fourth-order valence-corrected chi connectivity index (χ4v) is 0.564. The molecule has 0 unspecified atom stereocenters. The molecular weight excluding hydrogens is 160 g/mol. The molecule has 0 aromatic rings. The van der Waals surface area contributed by atoms with Crippen LogP contribution in [0.5, 0.6) is 0 Å². The van der Waals surface area contributed by atoms with Crippen molar-refractivity contribution < 1.29 is 4.79 Å². The van der Waals surface area contributed by atoms with Crippen LogP contribution in [0.4, 0.5) is 0 Å². The summed E-state index contributed by atoms with van der Waals surface area (Å²) in [5, 5.41) is -0.446. The molecule has 0 aliphatic heterocycles. The van der Waals surface area contributed by atoms with Crippen LogP contribution in [0, 0.1) is 0 Å². The maximum absolute atomic E-state index is 10.3. The first-order chi connectivity index (χ1) is 5.16. The van der Waals surface area contributed by atoms with Gasteiger partial charge in [-0.25, -0.2) is 0 Å². The normalized spacial score (nSPS) is 13.2. The zero-order valence-corrected chi connectivity index (χ0v) is 7.43. The van der Waals surface area contributed by atoms with E-state index in [1.165, 1.54) is 6.08 Å². The number of carbonyl (C=O) groups excluding carboxylic acids is 1. The Labute approximate surface area is 72.1 Å². The molecule has 60 valence electrons. The van der Waals surface area contributed by atoms with Crippen LogP contribution in [0.2, 0.25) is 0 Å². The van der Waals surface area contributed by atoms with Crippen LogP contribution < -0.4 is 0 Å². The highest BCUT2D eigenvalue weighted by Gasteiger charge is 1.84. The van der Waals surface area contributed by atoms with Gasteiger partial charge in [-0.2, -0.15) is 0 Å². The van der Waals surface area contributed by atoms with Crippen LogP contribution in [-0.2, 0) is 4.79 Å². The minimum atomic E-state index is -0.446. The molecule has 0 saturated carbocycles. The zero-order chi connectivity index (χ0) is 8.69. The highest BCUT2D eigenvalue weighted by atomic mass is 35.5. The van der Waals surface area contributed by atoms with E-state index in [9.17, 15) is 4.79 Å². The lowest BCUT2D eigenvalue weighted by molar-refractivity contribution is -0.107. The van der Waals surface area contributed by atoms with Crippen molar-refractivity contribution in [2.24, 2.45) is 0 Å². The Bertz CT molecular complexity index is 212. The molecule has 0 rings (SSSR count). The summed E-state index contributed by atoms with van der Waals surface area (Å²) >= 11 is 5.08. The number of halogens is 1. The lowest BCUT2D eigenvalue weighted by atomic mass is 10.2. The van der Waals surface area contributed by atoms with E-state index in [4.69, 9.17) is 11.6 Å². The second-order valence-corrected chi connectivity index (χ2v) is 2.45. The van der Waals surface area contributed by atoms with Gasteiger partial charge in [0.1, 0.15) is 0 Å². The minimum Gasteiger partial charge on any atom is -0.276 e. The molecule has 11 heavy (non-hydrogen) atoms. The van der Waals surface area contributed by atoms with E-state index < -0.39 is 5.24 Å². The van der Waals surface area contributed by atoms with Gasteiger partial charge < -0.3 is 0 Å². The van der Waals surface area contributed by atoms with Gasteiger partial charge >= 0.3 is 0 Å². The molecule has 0 atom stereocenters. The first-order valence-corrected chi connectivity index (χ1v) is 3.71. The van der Waals surface area contributed by atoms with Crippen molar-refractivity contribution >= 4 is 16.8 Å². The van der Waals surface area contributed by atoms with Crippen LogP contribution >= 0.6 is 11.6 Å². The molecule has 0 fully saturated rings. The third kappa shape index (κ3) is 7.07. The maximum atomic E-state index is 10.3. The van der Waals surface area contributed by atoms with E-state index >= 15 is 0 Å². The molecule has 0 heterocycles. The maximum Gasteiger partial charge on any atom is 0.245 e. The van der Waals surface area contributed by atoms with Gasteiger partial charge in [0.2, 0.25) is 5.24 Å². The molecular formula is C9H11ClO. The van der Waals surface area contributed by atoms with Crippen molar-refractivity contribution in [2.45, 2.75) is 13.8 Å². The van der Waals surface area contributed by atoms with Crippen molar-refractivity contribution in [3.8, 4) is 0 Å². The molecule has 0 radical (unpaired) electrons. The van der Waals surface area contributed by atoms with Gasteiger partial charge in [-0.15, -0.1) is 0 Å². The van der Waals surface area contributed by atoms with Crippen molar-refractivity contribution in [2.75, 3.05) is 0 Å². The number of allylic oxidation sites excluding steroid dienone is 6. The summed E-state index contributed by atoms with van der Waals surface area (Å²) < 4.78 is 0. The molecule has 0 aliphatic carbocycles. The van der Waals surface area contributed by atoms with Gasteiger partial charge in [0, 0.05) is 0 Å². The fourth-order valence-electron chi connectivity index (χ4n) is 0.501. The predicted octanol–water partition coefficient (Wildman–Crippen LogP) is 2.83. The molecule has 0 aliphatic rings. The smallest absolute Gasteiger partial charge is 0.245 e. The first-order valence-electron chi connectivity index (χ1n) is 3.34. The lowest BCUT2D eigenvalue weighted by Crippen LogP contribution is -1.75. The van der Waals surface area contributed by atoms with Crippen LogP contribution in [0.15, 0.2) is 36.0 Å². The average molecular weight is 171 g/mol. The molecule has 0 aromatic heterocycles. The molecule has 0 N–H and O–H groups in total. The first kappa shape index (κ1) is 10.2. The predicted molar refractivity (Wildman–Crippen MR) is 48.6 cm³/mol. The summed E-state index contributed by atoms with van der Waals surface area (Å²) in [4.78, 5) is 10.3. The monoisotopic (exact) mass is 170 g/mol. The van der Waals surface area contributed by atoms with Crippen molar-refractivity contribution in [1.82, 2.24) is 0 Å². The van der Waals surface area contributed by atoms with E-state index in [1.807, 2.05) is 32.1 Å². The molecule has 0 aromatic carbocycles. The highest BCUT2D eigenvalue weighted by Crippen LogP contribution is 1.96. The number of rotatable bonds is 3. The Morgan fingerprint density at radius 3 is 2.45 bits per heavy atom. The summed E-state index contributed by atoms with van der Waals surface area (Å²) in [5.41, 5.74) is 0.997. The van der Waals surface area contributed by atoms with Crippen LogP contribution in [-0.4, -0.2) is 5.24 Å². The summed E-state index contributed by atoms with van der Waals surface area (Å²) in [6.07, 6.45) is 8.72. The third-order valence-electron chi connectivity index (χ3n) is 1.03. The molecule has 0 saturated heterocycles. The van der Waals surface area contributed by atoms with Crippen molar-refractivity contribution in [3.63, 3.8) is 0 Å². The molecule has 2 heteroatoms. The summed E-state index contributed by atoms with van der Waals surface area (Å²) in [5.74, 6) is 0. The Kier molecular flexibility index (Phi) is 5.49. The summed E-state index contributed by atoms with van der Waals surface area (Å²) in [6.45, 7) is 3.83. The highest BCUT2D eigenvalue weighted by molar-refractivity contribution is 6.66. The fraction of sp³-hybridized carbons (Fsp3) is 0.222. The summed E-state index contributed by atoms with van der Waals surface area (Å²) in [7, 11) is 0. The lowest BCUT2D eigenvalue weighted by Gasteiger charge is -1.85. The van der Waals surface area contributed by atoms with Gasteiger partial charge in [0.15, 0.2) is 0 Å². The van der Waals surface area contributed by atoms with Crippen molar-refractivity contribution in [3.05, 3.63) is 36.0 Å². The van der Waals surface area contributed by atoms with Crippen LogP contribution in [0.25, 0.3) is 0 Å². The van der Waals surface area contributed by atoms with E-state index in [0.29, 0.717) is 0 Å².